The smallest absolute Gasteiger partial charge is 0.328 e. The van der Waals surface area contributed by atoms with Gasteiger partial charge in [0.15, 0.2) is 0 Å². The van der Waals surface area contributed by atoms with Crippen LogP contribution in [-0.4, -0.2) is 77.4 Å². The molecule has 1 atom stereocenters. The minimum absolute atomic E-state index is 0.0401. The van der Waals surface area contributed by atoms with E-state index in [0.717, 1.165) is 37.6 Å². The monoisotopic (exact) mass is 570 g/mol. The molecule has 220 valence electrons. The maximum Gasteiger partial charge on any atom is 0.328 e. The van der Waals surface area contributed by atoms with Crippen LogP contribution in [-0.2, 0) is 25.6 Å². The van der Waals surface area contributed by atoms with E-state index in [4.69, 9.17) is 5.11 Å². The Kier molecular flexibility index (Phi) is 10.8. The molecule has 0 bridgehead atoms. The number of carboxylic acid groups (broad SMARTS) is 1. The molecule has 3 aromatic carbocycles. The van der Waals surface area contributed by atoms with Crippen molar-refractivity contribution in [2.75, 3.05) is 32.7 Å². The molecule has 1 aliphatic rings. The largest absolute Gasteiger partial charge is 0.478 e. The van der Waals surface area contributed by atoms with Crippen molar-refractivity contribution in [2.24, 2.45) is 0 Å². The number of hydrogen-bond donors (Lipinski definition) is 3. The molecule has 3 amide bonds. The lowest BCUT2D eigenvalue weighted by molar-refractivity contribution is -0.139. The third-order valence-corrected chi connectivity index (χ3v) is 7.72. The quantitative estimate of drug-likeness (QED) is 0.288. The van der Waals surface area contributed by atoms with Crippen LogP contribution in [0.5, 0.6) is 0 Å². The number of nitrogens with one attached hydrogen (secondary N) is 2. The van der Waals surface area contributed by atoms with Gasteiger partial charge in [0.2, 0.25) is 17.7 Å². The molecule has 9 heteroatoms. The molecule has 4 rings (SSSR count). The van der Waals surface area contributed by atoms with Gasteiger partial charge < -0.3 is 20.6 Å². The van der Waals surface area contributed by atoms with Gasteiger partial charge in [-0.25, -0.2) is 4.79 Å². The van der Waals surface area contributed by atoms with Gasteiger partial charge in [0, 0.05) is 37.8 Å². The van der Waals surface area contributed by atoms with Crippen molar-refractivity contribution in [1.82, 2.24) is 20.4 Å². The number of carbonyl (C=O) groups is 4. The lowest BCUT2D eigenvalue weighted by Crippen LogP contribution is -2.52. The molecular formula is C33H38N4O5. The number of aliphatic carboxylic acids is 1. The zero-order valence-electron chi connectivity index (χ0n) is 23.9. The molecule has 0 saturated carbocycles. The van der Waals surface area contributed by atoms with Gasteiger partial charge in [-0.3, -0.25) is 19.3 Å². The number of amides is 3. The number of carboxylic acids is 1. The van der Waals surface area contributed by atoms with Crippen LogP contribution >= 0.6 is 0 Å². The Morgan fingerprint density at radius 1 is 0.929 bits per heavy atom. The number of nitrogens with zero attached hydrogens (tertiary/aromatic N) is 2. The van der Waals surface area contributed by atoms with E-state index in [1.807, 2.05) is 36.4 Å². The fourth-order valence-electron chi connectivity index (χ4n) is 5.47. The third kappa shape index (κ3) is 8.50. The number of piperidine rings is 1. The Balaban J connectivity index is 1.38. The average Bonchev–Trinajstić information content (AvgIpc) is 3.00. The second-order valence-corrected chi connectivity index (χ2v) is 10.5. The maximum atomic E-state index is 13.5. The molecule has 1 heterocycles. The van der Waals surface area contributed by atoms with Gasteiger partial charge in [-0.15, -0.1) is 0 Å². The van der Waals surface area contributed by atoms with Crippen molar-refractivity contribution in [1.29, 1.82) is 0 Å². The Bertz CT molecular complexity index is 1410. The number of hydrogen-bond acceptors (Lipinski definition) is 5. The van der Waals surface area contributed by atoms with Crippen molar-refractivity contribution in [3.8, 4) is 0 Å². The summed E-state index contributed by atoms with van der Waals surface area (Å²) in [5.74, 6) is -2.10. The average molecular weight is 571 g/mol. The first-order valence-corrected chi connectivity index (χ1v) is 14.3. The van der Waals surface area contributed by atoms with Crippen molar-refractivity contribution in [2.45, 2.75) is 38.3 Å². The normalized spacial score (nSPS) is 14.9. The summed E-state index contributed by atoms with van der Waals surface area (Å²) in [5, 5.41) is 16.2. The lowest BCUT2D eigenvalue weighted by Gasteiger charge is -2.41. The van der Waals surface area contributed by atoms with E-state index >= 15 is 0 Å². The second kappa shape index (κ2) is 14.9. The maximum absolute atomic E-state index is 13.5. The zero-order valence-corrected chi connectivity index (χ0v) is 23.9. The van der Waals surface area contributed by atoms with Gasteiger partial charge in [0.25, 0.3) is 0 Å². The van der Waals surface area contributed by atoms with Gasteiger partial charge >= 0.3 is 5.97 Å². The summed E-state index contributed by atoms with van der Waals surface area (Å²) in [7, 11) is 0. The molecule has 3 N–H and O–H groups in total. The predicted molar refractivity (Wildman–Crippen MR) is 162 cm³/mol. The second-order valence-electron chi connectivity index (χ2n) is 10.5. The molecule has 3 aromatic rings. The van der Waals surface area contributed by atoms with Crippen LogP contribution in [0, 0.1) is 0 Å². The fourth-order valence-corrected chi connectivity index (χ4v) is 5.47. The van der Waals surface area contributed by atoms with Gasteiger partial charge in [0.1, 0.15) is 0 Å². The molecule has 0 aromatic heterocycles. The molecule has 1 saturated heterocycles. The lowest BCUT2D eigenvalue weighted by atomic mass is 9.95. The van der Waals surface area contributed by atoms with Crippen LogP contribution in [0.25, 0.3) is 10.8 Å². The van der Waals surface area contributed by atoms with Crippen LogP contribution in [0.1, 0.15) is 36.9 Å². The summed E-state index contributed by atoms with van der Waals surface area (Å²) < 4.78 is 0. The van der Waals surface area contributed by atoms with Crippen LogP contribution in [0.15, 0.2) is 84.9 Å². The Hall–Kier alpha value is -4.50. The van der Waals surface area contributed by atoms with Crippen LogP contribution in [0.4, 0.5) is 0 Å². The summed E-state index contributed by atoms with van der Waals surface area (Å²) in [6.07, 6.45) is 3.90. The standard InChI is InChI=1S/C33H38N4O5/c1-24(28-14-7-12-26-11-5-6-13-29(26)28)36-19-16-27(17-20-36)37(32(40)21-25-9-3-2-4-10-25)23-31(39)35-22-30(38)34-18-8-15-33(41)42/h2-15,24,27H,16-23H2,1H3,(H,34,38)(H,35,39)(H,41,42)/b15-8+. The number of fused-ring (bicyclic) bond motifs is 1. The molecule has 9 nitrogen and oxygen atoms in total. The van der Waals surface area contributed by atoms with E-state index in [1.54, 1.807) is 4.90 Å². The fraction of sp³-hybridized carbons (Fsp3) is 0.333. The summed E-state index contributed by atoms with van der Waals surface area (Å²) in [6, 6.07) is 24.4. The zero-order chi connectivity index (χ0) is 29.9. The molecule has 0 radical (unpaired) electrons. The topological polar surface area (TPSA) is 119 Å². The molecule has 1 unspecified atom stereocenters. The van der Waals surface area contributed by atoms with Crippen molar-refractivity contribution < 1.29 is 24.3 Å². The SMILES string of the molecule is CC(c1cccc2ccccc12)N1CCC(N(CC(=O)NCC(=O)NC/C=C/C(=O)O)C(=O)Cc2ccccc2)CC1. The van der Waals surface area contributed by atoms with E-state index in [0.29, 0.717) is 0 Å². The van der Waals surface area contributed by atoms with E-state index in [1.165, 1.54) is 22.4 Å². The Morgan fingerprint density at radius 2 is 1.62 bits per heavy atom. The first-order chi connectivity index (χ1) is 20.3. The van der Waals surface area contributed by atoms with Gasteiger partial charge in [-0.1, -0.05) is 78.9 Å². The van der Waals surface area contributed by atoms with E-state index in [2.05, 4.69) is 58.9 Å². The molecular weight excluding hydrogens is 532 g/mol. The summed E-state index contributed by atoms with van der Waals surface area (Å²) >= 11 is 0. The third-order valence-electron chi connectivity index (χ3n) is 7.72. The Morgan fingerprint density at radius 3 is 2.36 bits per heavy atom. The summed E-state index contributed by atoms with van der Waals surface area (Å²) in [4.78, 5) is 53.1. The van der Waals surface area contributed by atoms with E-state index in [9.17, 15) is 19.2 Å². The van der Waals surface area contributed by atoms with E-state index in [-0.39, 0.29) is 44.0 Å². The highest BCUT2D eigenvalue weighted by Gasteiger charge is 2.31. The van der Waals surface area contributed by atoms with Crippen molar-refractivity contribution in [3.05, 3.63) is 96.1 Å². The van der Waals surface area contributed by atoms with E-state index < -0.39 is 17.8 Å². The Labute approximate surface area is 246 Å². The molecule has 42 heavy (non-hydrogen) atoms. The number of likely N-dealkylation sites (tertiary alicyclic amines) is 1. The molecule has 1 aliphatic heterocycles. The first kappa shape index (κ1) is 30.5. The van der Waals surface area contributed by atoms with Crippen molar-refractivity contribution >= 4 is 34.5 Å². The summed E-state index contributed by atoms with van der Waals surface area (Å²) in [5.41, 5.74) is 2.16. The van der Waals surface area contributed by atoms with Crippen LogP contribution < -0.4 is 10.6 Å². The minimum Gasteiger partial charge on any atom is -0.478 e. The number of benzene rings is 3. The molecule has 1 fully saturated rings. The van der Waals surface area contributed by atoms with Crippen LogP contribution in [0.3, 0.4) is 0 Å². The number of carbonyl (C=O) groups excluding carboxylic acids is 3. The summed E-state index contributed by atoms with van der Waals surface area (Å²) in [6.45, 7) is 3.44. The van der Waals surface area contributed by atoms with Gasteiger partial charge in [-0.2, -0.15) is 0 Å². The highest BCUT2D eigenvalue weighted by Crippen LogP contribution is 2.31. The van der Waals surface area contributed by atoms with Crippen molar-refractivity contribution in [3.63, 3.8) is 0 Å². The first-order valence-electron chi connectivity index (χ1n) is 14.3. The highest BCUT2D eigenvalue weighted by atomic mass is 16.4. The van der Waals surface area contributed by atoms with Gasteiger partial charge in [-0.05, 0) is 41.7 Å². The molecule has 0 aliphatic carbocycles. The predicted octanol–water partition coefficient (Wildman–Crippen LogP) is 3.31. The molecule has 0 spiro atoms. The van der Waals surface area contributed by atoms with Crippen LogP contribution in [0.2, 0.25) is 0 Å². The highest BCUT2D eigenvalue weighted by molar-refractivity contribution is 5.89. The minimum atomic E-state index is -1.10. The number of rotatable bonds is 12. The van der Waals surface area contributed by atoms with Gasteiger partial charge in [0.05, 0.1) is 19.5 Å².